The van der Waals surface area contributed by atoms with Gasteiger partial charge in [0.1, 0.15) is 6.61 Å². The summed E-state index contributed by atoms with van der Waals surface area (Å²) < 4.78 is 6.80. The average Bonchev–Trinajstić information content (AvgIpc) is 2.95. The third-order valence-electron chi connectivity index (χ3n) is 4.25. The topological polar surface area (TPSA) is 69.0 Å². The summed E-state index contributed by atoms with van der Waals surface area (Å²) in [4.78, 5) is 16.5. The van der Waals surface area contributed by atoms with Crippen molar-refractivity contribution in [2.45, 2.75) is 27.3 Å². The molecule has 2 aromatic heterocycles. The highest BCUT2D eigenvalue weighted by atomic mass is 16.5. The van der Waals surface area contributed by atoms with Crippen LogP contribution in [0.3, 0.4) is 0 Å². The van der Waals surface area contributed by atoms with Crippen molar-refractivity contribution >= 4 is 22.5 Å². The number of ether oxygens (including phenoxy) is 1. The second kappa shape index (κ2) is 7.03. The van der Waals surface area contributed by atoms with Crippen LogP contribution >= 0.6 is 0 Å². The van der Waals surface area contributed by atoms with Crippen LogP contribution in [0, 0.1) is 13.8 Å². The highest BCUT2D eigenvalue weighted by molar-refractivity contribution is 5.95. The van der Waals surface area contributed by atoms with Crippen LogP contribution in [0.5, 0.6) is 0 Å². The van der Waals surface area contributed by atoms with Crippen LogP contribution < -0.4 is 5.32 Å². The highest BCUT2D eigenvalue weighted by Crippen LogP contribution is 2.28. The Balaban J connectivity index is 2.04. The van der Waals surface area contributed by atoms with Crippen molar-refractivity contribution in [1.29, 1.82) is 0 Å². The Morgan fingerprint density at radius 2 is 2.08 bits per heavy atom. The number of aromatic nitrogens is 3. The van der Waals surface area contributed by atoms with Crippen LogP contribution in [0.1, 0.15) is 18.2 Å². The number of pyridine rings is 1. The number of fused-ring (bicyclic) bond motifs is 1. The summed E-state index contributed by atoms with van der Waals surface area (Å²) in [5, 5.41) is 8.29. The monoisotopic (exact) mass is 338 g/mol. The Hall–Kier alpha value is -2.73. The first-order valence-electron chi connectivity index (χ1n) is 8.26. The molecule has 0 radical (unpaired) electrons. The summed E-state index contributed by atoms with van der Waals surface area (Å²) in [6.07, 6.45) is 1.86. The first kappa shape index (κ1) is 17.1. The maximum atomic E-state index is 11.7. The van der Waals surface area contributed by atoms with Gasteiger partial charge in [0.15, 0.2) is 0 Å². The molecule has 2 heterocycles. The minimum absolute atomic E-state index is 0.0277. The minimum atomic E-state index is -0.185. The molecule has 0 aliphatic carbocycles. The highest BCUT2D eigenvalue weighted by Gasteiger charge is 2.12. The van der Waals surface area contributed by atoms with E-state index in [1.165, 1.54) is 7.11 Å². The fourth-order valence-corrected chi connectivity index (χ4v) is 2.96. The van der Waals surface area contributed by atoms with Crippen LogP contribution in [-0.2, 0) is 16.1 Å². The lowest BCUT2D eigenvalue weighted by molar-refractivity contribution is -0.119. The zero-order chi connectivity index (χ0) is 18.0. The molecule has 0 saturated heterocycles. The lowest BCUT2D eigenvalue weighted by Crippen LogP contribution is -2.17. The smallest absolute Gasteiger partial charge is 0.250 e. The van der Waals surface area contributed by atoms with E-state index in [1.807, 2.05) is 29.1 Å². The summed E-state index contributed by atoms with van der Waals surface area (Å²) in [6, 6.07) is 7.82. The van der Waals surface area contributed by atoms with E-state index in [9.17, 15) is 4.79 Å². The first-order valence-corrected chi connectivity index (χ1v) is 8.26. The van der Waals surface area contributed by atoms with E-state index in [1.54, 1.807) is 0 Å². The second-order valence-corrected chi connectivity index (χ2v) is 6.00. The number of benzene rings is 1. The molecular formula is C19H22N4O2. The molecule has 0 aliphatic rings. The van der Waals surface area contributed by atoms with Crippen molar-refractivity contribution in [3.8, 4) is 11.3 Å². The Bertz CT molecular complexity index is 931. The van der Waals surface area contributed by atoms with Gasteiger partial charge in [-0.15, -0.1) is 0 Å². The Morgan fingerprint density at radius 1 is 1.28 bits per heavy atom. The van der Waals surface area contributed by atoms with Gasteiger partial charge in [-0.25, -0.2) is 4.98 Å². The molecule has 3 aromatic rings. The number of carbonyl (C=O) groups excluding carboxylic acids is 1. The van der Waals surface area contributed by atoms with Crippen LogP contribution in [0.2, 0.25) is 0 Å². The molecule has 6 nitrogen and oxygen atoms in total. The van der Waals surface area contributed by atoms with Gasteiger partial charge in [0, 0.05) is 36.0 Å². The van der Waals surface area contributed by atoms with Gasteiger partial charge in [-0.05, 0) is 44.5 Å². The van der Waals surface area contributed by atoms with Crippen LogP contribution in [-0.4, -0.2) is 34.4 Å². The van der Waals surface area contributed by atoms with Crippen LogP contribution in [0.25, 0.3) is 22.2 Å². The minimum Gasteiger partial charge on any atom is -0.375 e. The molecule has 25 heavy (non-hydrogen) atoms. The van der Waals surface area contributed by atoms with Crippen molar-refractivity contribution < 1.29 is 9.53 Å². The molecule has 0 atom stereocenters. The molecule has 1 N–H and O–H groups in total. The number of amides is 1. The van der Waals surface area contributed by atoms with Crippen LogP contribution in [0.15, 0.2) is 30.5 Å². The lowest BCUT2D eigenvalue weighted by atomic mass is 10.1. The predicted molar refractivity (Wildman–Crippen MR) is 98.6 cm³/mol. The Morgan fingerprint density at radius 3 is 2.76 bits per heavy atom. The third-order valence-corrected chi connectivity index (χ3v) is 4.25. The van der Waals surface area contributed by atoms with Crippen molar-refractivity contribution in [2.24, 2.45) is 0 Å². The third kappa shape index (κ3) is 3.39. The number of hydrogen-bond acceptors (Lipinski definition) is 4. The predicted octanol–water partition coefficient (Wildman–Crippen LogP) is 3.32. The quantitative estimate of drug-likeness (QED) is 0.775. The molecule has 6 heteroatoms. The lowest BCUT2D eigenvalue weighted by Gasteiger charge is -2.09. The van der Waals surface area contributed by atoms with Crippen molar-refractivity contribution in [3.63, 3.8) is 0 Å². The fraction of sp³-hybridized carbons (Fsp3) is 0.316. The zero-order valence-corrected chi connectivity index (χ0v) is 15.0. The van der Waals surface area contributed by atoms with E-state index in [0.717, 1.165) is 40.0 Å². The van der Waals surface area contributed by atoms with Gasteiger partial charge in [0.2, 0.25) is 5.91 Å². The fourth-order valence-electron chi connectivity index (χ4n) is 2.96. The van der Waals surface area contributed by atoms with Gasteiger partial charge >= 0.3 is 0 Å². The van der Waals surface area contributed by atoms with E-state index in [4.69, 9.17) is 9.72 Å². The van der Waals surface area contributed by atoms with E-state index >= 15 is 0 Å². The number of nitrogens with one attached hydrogen (secondary N) is 1. The molecule has 0 aliphatic heterocycles. The number of nitrogens with zero attached hydrogens (tertiary/aromatic N) is 3. The summed E-state index contributed by atoms with van der Waals surface area (Å²) in [5.74, 6) is -0.185. The number of rotatable bonds is 5. The maximum absolute atomic E-state index is 11.7. The summed E-state index contributed by atoms with van der Waals surface area (Å²) in [7, 11) is 1.50. The Labute approximate surface area is 146 Å². The molecule has 1 amide bonds. The van der Waals surface area contributed by atoms with Gasteiger partial charge in [-0.3, -0.25) is 9.48 Å². The SMILES string of the molecule is CCn1ncc(-c2cc(C)c3ccc(NC(=O)COC)cc3n2)c1C. The maximum Gasteiger partial charge on any atom is 0.250 e. The standard InChI is InChI=1S/C19H22N4O2/c1-5-23-13(3)16(10-20-23)17-8-12(2)15-7-6-14(9-18(15)22-17)21-19(24)11-25-4/h6-10H,5,11H2,1-4H3,(H,21,24). The molecule has 3 rings (SSSR count). The number of methoxy groups -OCH3 is 1. The number of carbonyl (C=O) groups is 1. The second-order valence-electron chi connectivity index (χ2n) is 6.00. The van der Waals surface area contributed by atoms with E-state index < -0.39 is 0 Å². The molecule has 0 bridgehead atoms. The molecule has 130 valence electrons. The largest absolute Gasteiger partial charge is 0.375 e. The van der Waals surface area contributed by atoms with Crippen molar-refractivity contribution in [3.05, 3.63) is 41.7 Å². The first-order chi connectivity index (χ1) is 12.0. The number of hydrogen-bond donors (Lipinski definition) is 1. The van der Waals surface area contributed by atoms with Gasteiger partial charge < -0.3 is 10.1 Å². The van der Waals surface area contributed by atoms with E-state index in [-0.39, 0.29) is 12.5 Å². The van der Waals surface area contributed by atoms with Gasteiger partial charge in [-0.1, -0.05) is 6.07 Å². The van der Waals surface area contributed by atoms with Gasteiger partial charge in [-0.2, -0.15) is 5.10 Å². The van der Waals surface area contributed by atoms with Gasteiger partial charge in [0.25, 0.3) is 0 Å². The van der Waals surface area contributed by atoms with Crippen LogP contribution in [0.4, 0.5) is 5.69 Å². The number of anilines is 1. The molecule has 1 aromatic carbocycles. The molecule has 0 fully saturated rings. The summed E-state index contributed by atoms with van der Waals surface area (Å²) >= 11 is 0. The normalized spacial score (nSPS) is 11.0. The molecule has 0 saturated carbocycles. The molecule has 0 unspecified atom stereocenters. The van der Waals surface area contributed by atoms with Crippen molar-refractivity contribution in [2.75, 3.05) is 19.0 Å². The average molecular weight is 338 g/mol. The zero-order valence-electron chi connectivity index (χ0n) is 15.0. The van der Waals surface area contributed by atoms with E-state index in [0.29, 0.717) is 5.69 Å². The van der Waals surface area contributed by atoms with Gasteiger partial charge in [0.05, 0.1) is 17.4 Å². The molecule has 0 spiro atoms. The number of aryl methyl sites for hydroxylation is 2. The van der Waals surface area contributed by atoms with E-state index in [2.05, 4.69) is 37.3 Å². The Kier molecular flexibility index (Phi) is 4.81. The molecular weight excluding hydrogens is 316 g/mol. The van der Waals surface area contributed by atoms with Crippen molar-refractivity contribution in [1.82, 2.24) is 14.8 Å². The summed E-state index contributed by atoms with van der Waals surface area (Å²) in [5.41, 5.74) is 5.70. The summed E-state index contributed by atoms with van der Waals surface area (Å²) in [6.45, 7) is 7.04.